The highest BCUT2D eigenvalue weighted by atomic mass is 16.5. The Hall–Kier alpha value is -1.58. The summed E-state index contributed by atoms with van der Waals surface area (Å²) in [6.07, 6.45) is 5.80. The van der Waals surface area contributed by atoms with Crippen molar-refractivity contribution in [2.24, 2.45) is 11.8 Å². The van der Waals surface area contributed by atoms with Crippen LogP contribution in [0.3, 0.4) is 0 Å². The van der Waals surface area contributed by atoms with E-state index in [1.807, 2.05) is 0 Å². The van der Waals surface area contributed by atoms with E-state index in [1.54, 1.807) is 12.2 Å². The standard InChI is InChI=1S/C14H20O4/c1-3-5-7-17-13(15)11-9-12(10-11)14(16)18-8-6-4-2/h3-4,11-12H,1-2,5-10H2. The third-order valence-electron chi connectivity index (χ3n) is 2.94. The van der Waals surface area contributed by atoms with Gasteiger partial charge in [-0.05, 0) is 25.7 Å². The lowest BCUT2D eigenvalue weighted by Crippen LogP contribution is -2.37. The monoisotopic (exact) mass is 252 g/mol. The molecule has 18 heavy (non-hydrogen) atoms. The van der Waals surface area contributed by atoms with Crippen molar-refractivity contribution in [3.63, 3.8) is 0 Å². The van der Waals surface area contributed by atoms with E-state index in [1.165, 1.54) is 0 Å². The minimum absolute atomic E-state index is 0.147. The quantitative estimate of drug-likeness (QED) is 0.378. The molecule has 1 fully saturated rings. The van der Waals surface area contributed by atoms with Gasteiger partial charge in [0, 0.05) is 0 Å². The van der Waals surface area contributed by atoms with E-state index in [0.29, 0.717) is 38.9 Å². The van der Waals surface area contributed by atoms with Crippen molar-refractivity contribution in [1.82, 2.24) is 0 Å². The zero-order valence-corrected chi connectivity index (χ0v) is 10.6. The molecule has 0 bridgehead atoms. The van der Waals surface area contributed by atoms with Crippen molar-refractivity contribution in [1.29, 1.82) is 0 Å². The first-order valence-corrected chi connectivity index (χ1v) is 6.24. The van der Waals surface area contributed by atoms with Crippen LogP contribution in [0.15, 0.2) is 25.3 Å². The van der Waals surface area contributed by atoms with Crippen molar-refractivity contribution in [2.45, 2.75) is 25.7 Å². The number of ether oxygens (including phenoxy) is 2. The molecule has 0 aliphatic heterocycles. The minimum Gasteiger partial charge on any atom is -0.465 e. The van der Waals surface area contributed by atoms with Crippen LogP contribution in [-0.4, -0.2) is 25.2 Å². The van der Waals surface area contributed by atoms with Crippen LogP contribution in [0.5, 0.6) is 0 Å². The summed E-state index contributed by atoms with van der Waals surface area (Å²) in [4.78, 5) is 23.0. The van der Waals surface area contributed by atoms with Gasteiger partial charge in [-0.25, -0.2) is 0 Å². The Kier molecular flexibility index (Phi) is 6.19. The number of esters is 2. The van der Waals surface area contributed by atoms with Crippen molar-refractivity contribution >= 4 is 11.9 Å². The van der Waals surface area contributed by atoms with E-state index in [9.17, 15) is 9.59 Å². The van der Waals surface area contributed by atoms with Gasteiger partial charge >= 0.3 is 11.9 Å². The molecule has 1 aliphatic rings. The van der Waals surface area contributed by atoms with E-state index in [0.717, 1.165) is 0 Å². The summed E-state index contributed by atoms with van der Waals surface area (Å²) in [6, 6.07) is 0. The van der Waals surface area contributed by atoms with Crippen molar-refractivity contribution in [2.75, 3.05) is 13.2 Å². The first kappa shape index (κ1) is 14.5. The van der Waals surface area contributed by atoms with Gasteiger partial charge in [0.05, 0.1) is 25.0 Å². The van der Waals surface area contributed by atoms with E-state index in [2.05, 4.69) is 13.2 Å². The molecule has 0 amide bonds. The number of hydrogen-bond acceptors (Lipinski definition) is 4. The molecule has 4 heteroatoms. The van der Waals surface area contributed by atoms with Gasteiger partial charge in [-0.1, -0.05) is 12.2 Å². The first-order valence-electron chi connectivity index (χ1n) is 6.24. The molecule has 0 aromatic carbocycles. The Balaban J connectivity index is 2.14. The summed E-state index contributed by atoms with van der Waals surface area (Å²) >= 11 is 0. The zero-order chi connectivity index (χ0) is 13.4. The molecular weight excluding hydrogens is 232 g/mol. The SMILES string of the molecule is C=CCCOC(=O)C1CC(C(=O)OCCC=C)C1. The molecule has 0 unspecified atom stereocenters. The predicted octanol–water partition coefficient (Wildman–Crippen LogP) is 2.25. The van der Waals surface area contributed by atoms with E-state index in [4.69, 9.17) is 9.47 Å². The van der Waals surface area contributed by atoms with Gasteiger partial charge in [0.25, 0.3) is 0 Å². The Morgan fingerprint density at radius 1 is 0.944 bits per heavy atom. The summed E-state index contributed by atoms with van der Waals surface area (Å²) in [7, 11) is 0. The summed E-state index contributed by atoms with van der Waals surface area (Å²) in [5, 5.41) is 0. The molecule has 1 aliphatic carbocycles. The lowest BCUT2D eigenvalue weighted by molar-refractivity contribution is -0.161. The number of carbonyl (C=O) groups is 2. The average Bonchev–Trinajstić information content (AvgIpc) is 2.28. The molecule has 1 rings (SSSR count). The van der Waals surface area contributed by atoms with Crippen molar-refractivity contribution in [3.05, 3.63) is 25.3 Å². The fraction of sp³-hybridized carbons (Fsp3) is 0.571. The molecule has 4 nitrogen and oxygen atoms in total. The maximum absolute atomic E-state index is 11.5. The van der Waals surface area contributed by atoms with Gasteiger partial charge in [-0.3, -0.25) is 9.59 Å². The van der Waals surface area contributed by atoms with E-state index in [-0.39, 0.29) is 23.8 Å². The Morgan fingerprint density at radius 2 is 1.33 bits per heavy atom. The Bertz CT molecular complexity index is 286. The lowest BCUT2D eigenvalue weighted by atomic mass is 9.75. The second kappa shape index (κ2) is 7.69. The summed E-state index contributed by atoms with van der Waals surface area (Å²) in [5.41, 5.74) is 0. The highest BCUT2D eigenvalue weighted by molar-refractivity contribution is 5.80. The molecule has 0 atom stereocenters. The zero-order valence-electron chi connectivity index (χ0n) is 10.6. The van der Waals surface area contributed by atoms with Crippen LogP contribution in [0.4, 0.5) is 0 Å². The predicted molar refractivity (Wildman–Crippen MR) is 67.8 cm³/mol. The van der Waals surface area contributed by atoms with Crippen LogP contribution >= 0.6 is 0 Å². The highest BCUT2D eigenvalue weighted by Gasteiger charge is 2.40. The lowest BCUT2D eigenvalue weighted by Gasteiger charge is -2.31. The fourth-order valence-corrected chi connectivity index (χ4v) is 1.72. The molecule has 0 aromatic heterocycles. The van der Waals surface area contributed by atoms with Crippen LogP contribution in [-0.2, 0) is 19.1 Å². The molecule has 0 aromatic rings. The molecule has 1 saturated carbocycles. The van der Waals surface area contributed by atoms with E-state index >= 15 is 0 Å². The molecule has 0 heterocycles. The normalized spacial score (nSPS) is 21.6. The van der Waals surface area contributed by atoms with Crippen LogP contribution in [0.2, 0.25) is 0 Å². The Morgan fingerprint density at radius 3 is 1.67 bits per heavy atom. The van der Waals surface area contributed by atoms with Crippen LogP contribution < -0.4 is 0 Å². The average molecular weight is 252 g/mol. The molecule has 0 radical (unpaired) electrons. The van der Waals surface area contributed by atoms with Crippen LogP contribution in [0, 0.1) is 11.8 Å². The van der Waals surface area contributed by atoms with Gasteiger partial charge in [0.2, 0.25) is 0 Å². The third-order valence-corrected chi connectivity index (χ3v) is 2.94. The highest BCUT2D eigenvalue weighted by Crippen LogP contribution is 2.35. The number of rotatable bonds is 8. The summed E-state index contributed by atoms with van der Waals surface area (Å²) in [6.45, 7) is 7.83. The smallest absolute Gasteiger partial charge is 0.308 e. The molecule has 0 spiro atoms. The molecule has 0 saturated heterocycles. The van der Waals surface area contributed by atoms with Crippen LogP contribution in [0.25, 0.3) is 0 Å². The second-order valence-electron chi connectivity index (χ2n) is 4.35. The molecule has 100 valence electrons. The van der Waals surface area contributed by atoms with Gasteiger partial charge in [-0.2, -0.15) is 0 Å². The Labute approximate surface area is 108 Å². The number of carbonyl (C=O) groups excluding carboxylic acids is 2. The van der Waals surface area contributed by atoms with Crippen LogP contribution in [0.1, 0.15) is 25.7 Å². The molecule has 0 N–H and O–H groups in total. The molecular formula is C14H20O4. The topological polar surface area (TPSA) is 52.6 Å². The number of hydrogen-bond donors (Lipinski definition) is 0. The summed E-state index contributed by atoms with van der Waals surface area (Å²) < 4.78 is 10.1. The maximum atomic E-state index is 11.5. The van der Waals surface area contributed by atoms with Gasteiger partial charge in [-0.15, -0.1) is 13.2 Å². The maximum Gasteiger partial charge on any atom is 0.308 e. The van der Waals surface area contributed by atoms with Crippen molar-refractivity contribution < 1.29 is 19.1 Å². The van der Waals surface area contributed by atoms with Gasteiger partial charge in [0.15, 0.2) is 0 Å². The third kappa shape index (κ3) is 4.35. The van der Waals surface area contributed by atoms with Gasteiger partial charge < -0.3 is 9.47 Å². The largest absolute Gasteiger partial charge is 0.465 e. The fourth-order valence-electron chi connectivity index (χ4n) is 1.72. The second-order valence-corrected chi connectivity index (χ2v) is 4.35. The van der Waals surface area contributed by atoms with E-state index < -0.39 is 0 Å². The van der Waals surface area contributed by atoms with Gasteiger partial charge in [0.1, 0.15) is 0 Å². The minimum atomic E-state index is -0.216. The van der Waals surface area contributed by atoms with Crippen molar-refractivity contribution in [3.8, 4) is 0 Å². The summed E-state index contributed by atoms with van der Waals surface area (Å²) in [5.74, 6) is -0.725. The first-order chi connectivity index (χ1) is 8.69.